The molecule has 1 rings (SSSR count). The number of nitrogens with zero attached hydrogens (tertiary/aromatic N) is 3. The maximum absolute atomic E-state index is 11.6. The number of hydrogen-bond acceptors (Lipinski definition) is 5. The summed E-state index contributed by atoms with van der Waals surface area (Å²) >= 11 is 0. The number of likely N-dealkylation sites (N-methyl/N-ethyl adjacent to an activating group) is 1. The van der Waals surface area contributed by atoms with Gasteiger partial charge >= 0.3 is 6.03 Å². The van der Waals surface area contributed by atoms with Crippen LogP contribution >= 0.6 is 0 Å². The average molecular weight is 270 g/mol. The molecule has 19 heavy (non-hydrogen) atoms. The number of amides is 2. The highest BCUT2D eigenvalue weighted by Gasteiger charge is 2.15. The summed E-state index contributed by atoms with van der Waals surface area (Å²) in [7, 11) is 3.47. The Morgan fingerprint density at radius 3 is 3.00 bits per heavy atom. The van der Waals surface area contributed by atoms with Crippen LogP contribution in [0, 0.1) is 0 Å². The zero-order chi connectivity index (χ0) is 14.1. The third-order valence-electron chi connectivity index (χ3n) is 2.58. The first-order valence-corrected chi connectivity index (χ1v) is 6.24. The maximum atomic E-state index is 11.6. The summed E-state index contributed by atoms with van der Waals surface area (Å²) in [6.07, 6.45) is 1.63. The monoisotopic (exact) mass is 270 g/mol. The number of aromatic nitrogens is 3. The van der Waals surface area contributed by atoms with Crippen molar-refractivity contribution >= 4 is 6.03 Å². The van der Waals surface area contributed by atoms with Crippen LogP contribution in [0.4, 0.5) is 4.79 Å². The molecule has 1 atom stereocenters. The normalized spacial score (nSPS) is 12.2. The van der Waals surface area contributed by atoms with Gasteiger partial charge in [-0.3, -0.25) is 0 Å². The van der Waals surface area contributed by atoms with Gasteiger partial charge < -0.3 is 25.3 Å². The summed E-state index contributed by atoms with van der Waals surface area (Å²) in [4.78, 5) is 11.6. The molecule has 0 spiro atoms. The van der Waals surface area contributed by atoms with Crippen LogP contribution in [0.1, 0.15) is 18.8 Å². The summed E-state index contributed by atoms with van der Waals surface area (Å²) < 4.78 is 6.88. The lowest BCUT2D eigenvalue weighted by Gasteiger charge is -2.15. The molecule has 0 unspecified atom stereocenters. The molecule has 1 heterocycles. The number of carbonyl (C=O) groups is 1. The minimum Gasteiger partial charge on any atom is -0.383 e. The molecule has 0 radical (unpaired) electrons. The molecule has 0 aromatic carbocycles. The molecular weight excluding hydrogens is 248 g/mol. The van der Waals surface area contributed by atoms with Crippen LogP contribution in [0.25, 0.3) is 0 Å². The molecule has 3 N–H and O–H groups in total. The Balaban J connectivity index is 2.46. The van der Waals surface area contributed by atoms with Crippen LogP contribution in [-0.4, -0.2) is 54.6 Å². The molecule has 108 valence electrons. The van der Waals surface area contributed by atoms with Gasteiger partial charge in [0.05, 0.1) is 12.6 Å². The summed E-state index contributed by atoms with van der Waals surface area (Å²) in [5.41, 5.74) is 0. The molecule has 0 aliphatic carbocycles. The van der Waals surface area contributed by atoms with Crippen LogP contribution in [-0.2, 0) is 11.3 Å². The Morgan fingerprint density at radius 2 is 2.32 bits per heavy atom. The van der Waals surface area contributed by atoms with E-state index >= 15 is 0 Å². The SMILES string of the molecule is CNCCNC(=O)N[C@H](C)c1nncn1CCOC. The van der Waals surface area contributed by atoms with Crippen LogP contribution in [0.5, 0.6) is 0 Å². The molecule has 0 saturated heterocycles. The average Bonchev–Trinajstić information content (AvgIpc) is 2.85. The topological polar surface area (TPSA) is 93.1 Å². The van der Waals surface area contributed by atoms with E-state index in [2.05, 4.69) is 26.1 Å². The predicted molar refractivity (Wildman–Crippen MR) is 70.8 cm³/mol. The van der Waals surface area contributed by atoms with E-state index in [0.717, 1.165) is 6.54 Å². The van der Waals surface area contributed by atoms with E-state index in [4.69, 9.17) is 4.74 Å². The lowest BCUT2D eigenvalue weighted by molar-refractivity contribution is 0.185. The summed E-state index contributed by atoms with van der Waals surface area (Å²) in [5.74, 6) is 0.709. The maximum Gasteiger partial charge on any atom is 0.315 e. The lowest BCUT2D eigenvalue weighted by atomic mass is 10.3. The van der Waals surface area contributed by atoms with Gasteiger partial charge in [-0.1, -0.05) is 0 Å². The summed E-state index contributed by atoms with van der Waals surface area (Å²) in [6, 6.07) is -0.432. The zero-order valence-electron chi connectivity index (χ0n) is 11.6. The minimum atomic E-state index is -0.218. The van der Waals surface area contributed by atoms with Crippen molar-refractivity contribution in [3.63, 3.8) is 0 Å². The highest BCUT2D eigenvalue weighted by molar-refractivity contribution is 5.74. The van der Waals surface area contributed by atoms with Gasteiger partial charge in [-0.15, -0.1) is 10.2 Å². The van der Waals surface area contributed by atoms with Crippen molar-refractivity contribution in [3.8, 4) is 0 Å². The van der Waals surface area contributed by atoms with Gasteiger partial charge in [0.15, 0.2) is 5.82 Å². The predicted octanol–water partition coefficient (Wildman–Crippen LogP) is -0.496. The number of nitrogens with one attached hydrogen (secondary N) is 3. The van der Waals surface area contributed by atoms with Crippen LogP contribution in [0.15, 0.2) is 6.33 Å². The Hall–Kier alpha value is -1.67. The van der Waals surface area contributed by atoms with E-state index < -0.39 is 0 Å². The second-order valence-electron chi connectivity index (χ2n) is 4.10. The molecule has 0 aliphatic heterocycles. The van der Waals surface area contributed by atoms with Crippen molar-refractivity contribution < 1.29 is 9.53 Å². The number of carbonyl (C=O) groups excluding carboxylic acids is 1. The number of ether oxygens (including phenoxy) is 1. The second kappa shape index (κ2) is 8.44. The molecular formula is C11H22N6O2. The van der Waals surface area contributed by atoms with E-state index in [1.807, 2.05) is 18.5 Å². The molecule has 0 bridgehead atoms. The fraction of sp³-hybridized carbons (Fsp3) is 0.727. The standard InChI is InChI=1S/C11H22N6O2/c1-9(15-11(18)13-5-4-12-2)10-16-14-8-17(10)6-7-19-3/h8-9,12H,4-7H2,1-3H3,(H2,13,15,18)/t9-/m1/s1. The molecule has 1 aromatic heterocycles. The van der Waals surface area contributed by atoms with E-state index in [1.165, 1.54) is 0 Å². The molecule has 8 heteroatoms. The van der Waals surface area contributed by atoms with Crippen molar-refractivity contribution in [2.45, 2.75) is 19.5 Å². The van der Waals surface area contributed by atoms with Gasteiger partial charge in [-0.2, -0.15) is 0 Å². The first kappa shape index (κ1) is 15.4. The Bertz CT molecular complexity index is 381. The highest BCUT2D eigenvalue weighted by Crippen LogP contribution is 2.08. The first-order valence-electron chi connectivity index (χ1n) is 6.24. The molecule has 8 nitrogen and oxygen atoms in total. The molecule has 0 fully saturated rings. The number of urea groups is 1. The van der Waals surface area contributed by atoms with Crippen molar-refractivity contribution in [2.24, 2.45) is 0 Å². The smallest absolute Gasteiger partial charge is 0.315 e. The van der Waals surface area contributed by atoms with Gasteiger partial charge in [-0.05, 0) is 14.0 Å². The van der Waals surface area contributed by atoms with Crippen LogP contribution in [0.3, 0.4) is 0 Å². The zero-order valence-corrected chi connectivity index (χ0v) is 11.6. The van der Waals surface area contributed by atoms with Crippen LogP contribution < -0.4 is 16.0 Å². The molecule has 1 aromatic rings. The Labute approximate surface area is 112 Å². The highest BCUT2D eigenvalue weighted by atomic mass is 16.5. The van der Waals surface area contributed by atoms with Crippen molar-refractivity contribution in [2.75, 3.05) is 33.9 Å². The van der Waals surface area contributed by atoms with E-state index in [1.54, 1.807) is 13.4 Å². The van der Waals surface area contributed by atoms with Crippen molar-refractivity contribution in [3.05, 3.63) is 12.2 Å². The lowest BCUT2D eigenvalue weighted by Crippen LogP contribution is -2.40. The molecule has 0 aliphatic rings. The van der Waals surface area contributed by atoms with Gasteiger partial charge in [0.2, 0.25) is 0 Å². The van der Waals surface area contributed by atoms with Gasteiger partial charge in [0.1, 0.15) is 6.33 Å². The van der Waals surface area contributed by atoms with Crippen LogP contribution in [0.2, 0.25) is 0 Å². The van der Waals surface area contributed by atoms with Crippen molar-refractivity contribution in [1.82, 2.24) is 30.7 Å². The third kappa shape index (κ3) is 5.23. The quantitative estimate of drug-likeness (QED) is 0.554. The van der Waals surface area contributed by atoms with E-state index in [-0.39, 0.29) is 12.1 Å². The molecule has 2 amide bonds. The number of rotatable bonds is 8. The second-order valence-corrected chi connectivity index (χ2v) is 4.10. The Kier molecular flexibility index (Phi) is 6.83. The Morgan fingerprint density at radius 1 is 1.53 bits per heavy atom. The number of methoxy groups -OCH3 is 1. The summed E-state index contributed by atoms with van der Waals surface area (Å²) in [5, 5.41) is 16.4. The van der Waals surface area contributed by atoms with Crippen molar-refractivity contribution in [1.29, 1.82) is 0 Å². The third-order valence-corrected chi connectivity index (χ3v) is 2.58. The van der Waals surface area contributed by atoms with Gasteiger partial charge in [-0.25, -0.2) is 4.79 Å². The summed E-state index contributed by atoms with van der Waals surface area (Å²) in [6.45, 7) is 4.40. The van der Waals surface area contributed by atoms with Gasteiger partial charge in [0.25, 0.3) is 0 Å². The van der Waals surface area contributed by atoms with E-state index in [0.29, 0.717) is 25.5 Å². The fourth-order valence-electron chi connectivity index (χ4n) is 1.57. The molecule has 0 saturated carbocycles. The van der Waals surface area contributed by atoms with Gasteiger partial charge in [0, 0.05) is 26.7 Å². The first-order chi connectivity index (χ1) is 9.19. The number of hydrogen-bond donors (Lipinski definition) is 3. The fourth-order valence-corrected chi connectivity index (χ4v) is 1.57. The largest absolute Gasteiger partial charge is 0.383 e. The minimum absolute atomic E-state index is 0.214. The van der Waals surface area contributed by atoms with E-state index in [9.17, 15) is 4.79 Å².